The third-order valence-corrected chi connectivity index (χ3v) is 2.68. The van der Waals surface area contributed by atoms with Crippen LogP contribution in [0.2, 0.25) is 0 Å². The fourth-order valence-corrected chi connectivity index (χ4v) is 1.73. The lowest BCUT2D eigenvalue weighted by molar-refractivity contribution is 0.510. The maximum Gasteiger partial charge on any atom is 0.0955 e. The van der Waals surface area contributed by atoms with Crippen LogP contribution in [0.15, 0.2) is 24.6 Å². The Morgan fingerprint density at radius 2 is 1.67 bits per heavy atom. The first-order chi connectivity index (χ1) is 7.43. The highest BCUT2D eigenvalue weighted by atomic mass is 15.1. The molecule has 0 unspecified atom stereocenters. The number of nitrogens with one attached hydrogen (secondary N) is 2. The van der Waals surface area contributed by atoms with Crippen molar-refractivity contribution in [1.29, 1.82) is 0 Å². The van der Waals surface area contributed by atoms with Gasteiger partial charge in [-0.25, -0.2) is 0 Å². The summed E-state index contributed by atoms with van der Waals surface area (Å²) in [7, 11) is 0. The predicted molar refractivity (Wildman–Crippen MR) is 66.3 cm³/mol. The molecule has 0 aromatic carbocycles. The lowest BCUT2D eigenvalue weighted by atomic mass is 10.1. The van der Waals surface area contributed by atoms with E-state index in [1.54, 1.807) is 0 Å². The molecular weight excluding hydrogens is 184 g/mol. The third kappa shape index (κ3) is 6.21. The van der Waals surface area contributed by atoms with Gasteiger partial charge in [-0.3, -0.25) is 0 Å². The van der Waals surface area contributed by atoms with Crippen LogP contribution in [0.4, 0.5) is 0 Å². The van der Waals surface area contributed by atoms with E-state index in [-0.39, 0.29) is 0 Å². The van der Waals surface area contributed by atoms with E-state index in [9.17, 15) is 0 Å². The highest BCUT2D eigenvalue weighted by molar-refractivity contribution is 4.91. The van der Waals surface area contributed by atoms with Crippen LogP contribution >= 0.6 is 0 Å². The molecule has 15 heavy (non-hydrogen) atoms. The highest BCUT2D eigenvalue weighted by Crippen LogP contribution is 2.04. The minimum Gasteiger partial charge on any atom is -0.370 e. The van der Waals surface area contributed by atoms with Crippen molar-refractivity contribution in [2.75, 3.05) is 0 Å². The van der Waals surface area contributed by atoms with Crippen molar-refractivity contribution in [2.45, 2.75) is 58.0 Å². The molecule has 0 radical (unpaired) electrons. The van der Waals surface area contributed by atoms with Gasteiger partial charge < -0.3 is 10.6 Å². The minimum atomic E-state index is 0.471. The molecule has 0 saturated carbocycles. The Hall–Kier alpha value is -0.920. The average molecular weight is 208 g/mol. The normalized spacial score (nSPS) is 15.8. The number of allylic oxidation sites excluding steroid dienone is 2. The molecule has 0 fully saturated rings. The van der Waals surface area contributed by atoms with E-state index < -0.39 is 0 Å². The smallest absolute Gasteiger partial charge is 0.0955 e. The number of hydrogen-bond acceptors (Lipinski definition) is 2. The van der Waals surface area contributed by atoms with Crippen LogP contribution in [0.5, 0.6) is 0 Å². The first-order valence-electron chi connectivity index (χ1n) is 6.25. The second-order valence-electron chi connectivity index (χ2n) is 4.12. The summed E-state index contributed by atoms with van der Waals surface area (Å²) >= 11 is 0. The van der Waals surface area contributed by atoms with Crippen molar-refractivity contribution in [3.63, 3.8) is 0 Å². The first-order valence-corrected chi connectivity index (χ1v) is 6.25. The molecule has 2 heteroatoms. The average Bonchev–Trinajstić information content (AvgIpc) is 2.75. The summed E-state index contributed by atoms with van der Waals surface area (Å²) in [5.41, 5.74) is 0. The third-order valence-electron chi connectivity index (χ3n) is 2.68. The van der Waals surface area contributed by atoms with Gasteiger partial charge in [0.2, 0.25) is 0 Å². The lowest BCUT2D eigenvalue weighted by Gasteiger charge is -2.10. The molecule has 1 aliphatic rings. The monoisotopic (exact) mass is 208 g/mol. The summed E-state index contributed by atoms with van der Waals surface area (Å²) in [4.78, 5) is 0. The van der Waals surface area contributed by atoms with Gasteiger partial charge in [-0.05, 0) is 32.1 Å². The zero-order valence-electron chi connectivity index (χ0n) is 9.84. The zero-order valence-corrected chi connectivity index (χ0v) is 9.84. The van der Waals surface area contributed by atoms with Gasteiger partial charge in [0.25, 0.3) is 0 Å². The van der Waals surface area contributed by atoms with Gasteiger partial charge in [0, 0.05) is 12.4 Å². The SMILES string of the molecule is CCCCC/C=C/CCCC1NC=CN1. The summed E-state index contributed by atoms with van der Waals surface area (Å²) in [6, 6.07) is 0. The summed E-state index contributed by atoms with van der Waals surface area (Å²) in [6.45, 7) is 2.25. The van der Waals surface area contributed by atoms with Crippen molar-refractivity contribution in [2.24, 2.45) is 0 Å². The Morgan fingerprint density at radius 3 is 2.33 bits per heavy atom. The van der Waals surface area contributed by atoms with Crippen molar-refractivity contribution in [1.82, 2.24) is 10.6 Å². The highest BCUT2D eigenvalue weighted by Gasteiger charge is 2.05. The Kier molecular flexibility index (Phi) is 6.80. The van der Waals surface area contributed by atoms with Gasteiger partial charge in [0.05, 0.1) is 6.17 Å². The molecule has 0 aromatic rings. The second-order valence-corrected chi connectivity index (χ2v) is 4.12. The molecule has 1 rings (SSSR count). The summed E-state index contributed by atoms with van der Waals surface area (Å²) in [6.07, 6.45) is 18.1. The fourth-order valence-electron chi connectivity index (χ4n) is 1.73. The van der Waals surface area contributed by atoms with E-state index in [0.717, 1.165) is 0 Å². The lowest BCUT2D eigenvalue weighted by Crippen LogP contribution is -2.30. The predicted octanol–water partition coefficient (Wildman–Crippen LogP) is 3.28. The first kappa shape index (κ1) is 12.2. The van der Waals surface area contributed by atoms with Crippen LogP contribution in [-0.4, -0.2) is 6.17 Å². The van der Waals surface area contributed by atoms with Crippen LogP contribution in [0.3, 0.4) is 0 Å². The maximum absolute atomic E-state index is 3.26. The zero-order chi connectivity index (χ0) is 10.8. The van der Waals surface area contributed by atoms with E-state index >= 15 is 0 Å². The minimum absolute atomic E-state index is 0.471. The van der Waals surface area contributed by atoms with E-state index in [0.29, 0.717) is 6.17 Å². The van der Waals surface area contributed by atoms with Crippen molar-refractivity contribution in [3.8, 4) is 0 Å². The standard InChI is InChI=1S/C13H24N2/c1-2-3-4-5-6-7-8-9-10-13-14-11-12-15-13/h6-7,11-15H,2-5,8-10H2,1H3/b7-6+. The molecule has 2 nitrogen and oxygen atoms in total. The summed E-state index contributed by atoms with van der Waals surface area (Å²) in [5.74, 6) is 0. The maximum atomic E-state index is 3.26. The molecule has 0 aromatic heterocycles. The van der Waals surface area contributed by atoms with E-state index in [1.807, 2.05) is 12.4 Å². The van der Waals surface area contributed by atoms with Crippen LogP contribution in [0, 0.1) is 0 Å². The van der Waals surface area contributed by atoms with Crippen LogP contribution in [0.25, 0.3) is 0 Å². The van der Waals surface area contributed by atoms with E-state index in [1.165, 1.54) is 44.9 Å². The molecular formula is C13H24N2. The summed E-state index contributed by atoms with van der Waals surface area (Å²) < 4.78 is 0. The molecule has 0 saturated heterocycles. The number of unbranched alkanes of at least 4 members (excludes halogenated alkanes) is 4. The Bertz CT molecular complexity index is 189. The second kappa shape index (κ2) is 8.39. The molecule has 0 atom stereocenters. The van der Waals surface area contributed by atoms with E-state index in [4.69, 9.17) is 0 Å². The van der Waals surface area contributed by atoms with Crippen LogP contribution in [-0.2, 0) is 0 Å². The Morgan fingerprint density at radius 1 is 1.00 bits per heavy atom. The van der Waals surface area contributed by atoms with Gasteiger partial charge in [-0.15, -0.1) is 0 Å². The van der Waals surface area contributed by atoms with Gasteiger partial charge in [0.15, 0.2) is 0 Å². The largest absolute Gasteiger partial charge is 0.370 e. The fraction of sp³-hybridized carbons (Fsp3) is 0.692. The van der Waals surface area contributed by atoms with Crippen molar-refractivity contribution < 1.29 is 0 Å². The van der Waals surface area contributed by atoms with Crippen molar-refractivity contribution in [3.05, 3.63) is 24.6 Å². The molecule has 0 spiro atoms. The number of rotatable bonds is 8. The quantitative estimate of drug-likeness (QED) is 0.472. The van der Waals surface area contributed by atoms with Gasteiger partial charge in [0.1, 0.15) is 0 Å². The molecule has 0 aliphatic carbocycles. The number of hydrogen-bond donors (Lipinski definition) is 2. The van der Waals surface area contributed by atoms with Gasteiger partial charge in [-0.2, -0.15) is 0 Å². The molecule has 0 amide bonds. The van der Waals surface area contributed by atoms with E-state index in [2.05, 4.69) is 29.7 Å². The Labute approximate surface area is 93.8 Å². The Balaban J connectivity index is 1.83. The van der Waals surface area contributed by atoms with Gasteiger partial charge >= 0.3 is 0 Å². The summed E-state index contributed by atoms with van der Waals surface area (Å²) in [5, 5.41) is 6.52. The molecule has 86 valence electrons. The topological polar surface area (TPSA) is 24.1 Å². The molecule has 2 N–H and O–H groups in total. The molecule has 1 aliphatic heterocycles. The van der Waals surface area contributed by atoms with Crippen LogP contribution < -0.4 is 10.6 Å². The molecule has 0 bridgehead atoms. The molecule has 1 heterocycles. The van der Waals surface area contributed by atoms with Crippen molar-refractivity contribution >= 4 is 0 Å². The van der Waals surface area contributed by atoms with Gasteiger partial charge in [-0.1, -0.05) is 31.9 Å². The van der Waals surface area contributed by atoms with Crippen LogP contribution in [0.1, 0.15) is 51.9 Å².